The van der Waals surface area contributed by atoms with Crippen LogP contribution >= 0.6 is 0 Å². The topological polar surface area (TPSA) is 140 Å². The van der Waals surface area contributed by atoms with Gasteiger partial charge in [0.15, 0.2) is 0 Å². The van der Waals surface area contributed by atoms with Crippen LogP contribution < -0.4 is 16.4 Å². The third kappa shape index (κ3) is 5.24. The molecule has 0 amide bonds. The highest BCUT2D eigenvalue weighted by Crippen LogP contribution is 2.18. The van der Waals surface area contributed by atoms with Gasteiger partial charge in [-0.05, 0) is 51.4 Å². The maximum absolute atomic E-state index is 10.7. The molecular formula is C22H19B3O8. The standard InChI is InChI=1S/C22H19B3O8/c26-17-8-15(9-18(27)12-17)23(30)32-25(22-7-3-5-14-4-1-2-6-21(14)22)33-24(31)16-10-19(28)13-20(29)11-16/h1-13,26-31H. The summed E-state index contributed by atoms with van der Waals surface area (Å²) in [6.45, 7) is 0. The summed E-state index contributed by atoms with van der Waals surface area (Å²) in [6.07, 6.45) is 0. The Morgan fingerprint density at radius 1 is 0.545 bits per heavy atom. The number of phenolic OH excluding ortho intramolecular Hbond substituents is 4. The Morgan fingerprint density at radius 2 is 1.00 bits per heavy atom. The lowest BCUT2D eigenvalue weighted by molar-refractivity contribution is 0.355. The largest absolute Gasteiger partial charge is 0.508 e. The zero-order valence-electron chi connectivity index (χ0n) is 17.2. The smallest absolute Gasteiger partial charge is 0.478 e. The summed E-state index contributed by atoms with van der Waals surface area (Å²) in [5.74, 6) is -1.09. The SMILES string of the molecule is OB(OB(OB(O)c1cc(O)cc(O)c1)c1cccc2ccccc12)c1cc(O)cc(O)c1. The summed E-state index contributed by atoms with van der Waals surface area (Å²) in [6, 6.07) is 19.8. The second kappa shape index (κ2) is 9.47. The van der Waals surface area contributed by atoms with Crippen LogP contribution in [-0.2, 0) is 9.14 Å². The number of aromatic hydroxyl groups is 4. The Kier molecular flexibility index (Phi) is 6.48. The van der Waals surface area contributed by atoms with Gasteiger partial charge in [0.05, 0.1) is 0 Å². The molecule has 0 atom stereocenters. The van der Waals surface area contributed by atoms with E-state index in [1.165, 1.54) is 24.3 Å². The van der Waals surface area contributed by atoms with Crippen LogP contribution in [0.2, 0.25) is 0 Å². The number of fused-ring (bicyclic) bond motifs is 1. The number of hydrogen-bond donors (Lipinski definition) is 6. The fraction of sp³-hybridized carbons (Fsp3) is 0. The van der Waals surface area contributed by atoms with Gasteiger partial charge in [-0.2, -0.15) is 0 Å². The van der Waals surface area contributed by atoms with E-state index >= 15 is 0 Å². The molecule has 4 aromatic carbocycles. The van der Waals surface area contributed by atoms with Crippen molar-refractivity contribution < 1.29 is 39.6 Å². The van der Waals surface area contributed by atoms with Gasteiger partial charge in [-0.25, -0.2) is 0 Å². The van der Waals surface area contributed by atoms with Crippen molar-refractivity contribution in [1.82, 2.24) is 0 Å². The first-order valence-corrected chi connectivity index (χ1v) is 10.0. The number of benzene rings is 4. The van der Waals surface area contributed by atoms with Crippen molar-refractivity contribution in [3.8, 4) is 23.0 Å². The first kappa shape index (κ1) is 22.6. The van der Waals surface area contributed by atoms with Crippen LogP contribution in [0.5, 0.6) is 23.0 Å². The van der Waals surface area contributed by atoms with Crippen molar-refractivity contribution >= 4 is 48.5 Å². The first-order valence-electron chi connectivity index (χ1n) is 10.0. The molecule has 0 spiro atoms. The molecule has 0 unspecified atom stereocenters. The Morgan fingerprint density at radius 3 is 1.52 bits per heavy atom. The van der Waals surface area contributed by atoms with Crippen molar-refractivity contribution in [3.63, 3.8) is 0 Å². The van der Waals surface area contributed by atoms with Crippen molar-refractivity contribution in [1.29, 1.82) is 0 Å². The fourth-order valence-corrected chi connectivity index (χ4v) is 3.55. The number of rotatable bonds is 7. The molecule has 0 aliphatic rings. The van der Waals surface area contributed by atoms with Gasteiger partial charge >= 0.3 is 21.4 Å². The van der Waals surface area contributed by atoms with Crippen molar-refractivity contribution in [2.75, 3.05) is 0 Å². The summed E-state index contributed by atoms with van der Waals surface area (Å²) in [7, 11) is -4.61. The molecule has 4 rings (SSSR count). The van der Waals surface area contributed by atoms with E-state index in [2.05, 4.69) is 0 Å². The number of hydrogen-bond acceptors (Lipinski definition) is 8. The van der Waals surface area contributed by atoms with Gasteiger partial charge in [0, 0.05) is 12.1 Å². The summed E-state index contributed by atoms with van der Waals surface area (Å²) < 4.78 is 11.4. The maximum Gasteiger partial charge on any atom is 0.478 e. The second-order valence-corrected chi connectivity index (χ2v) is 7.44. The van der Waals surface area contributed by atoms with Gasteiger partial charge in [0.25, 0.3) is 0 Å². The molecule has 0 aliphatic heterocycles. The summed E-state index contributed by atoms with van der Waals surface area (Å²) in [4.78, 5) is 0. The minimum Gasteiger partial charge on any atom is -0.508 e. The third-order valence-corrected chi connectivity index (χ3v) is 5.00. The molecule has 0 aliphatic carbocycles. The summed E-state index contributed by atoms with van der Waals surface area (Å²) in [5, 5.41) is 61.9. The molecule has 0 heterocycles. The highest BCUT2D eigenvalue weighted by molar-refractivity contribution is 6.80. The highest BCUT2D eigenvalue weighted by atomic mass is 16.6. The van der Waals surface area contributed by atoms with E-state index in [1.54, 1.807) is 12.1 Å². The van der Waals surface area contributed by atoms with Crippen molar-refractivity contribution in [2.45, 2.75) is 0 Å². The van der Waals surface area contributed by atoms with Crippen LogP contribution in [-0.4, -0.2) is 51.8 Å². The lowest BCUT2D eigenvalue weighted by Crippen LogP contribution is -2.51. The molecule has 4 aromatic rings. The van der Waals surface area contributed by atoms with Gasteiger partial charge in [-0.3, -0.25) is 0 Å². The van der Waals surface area contributed by atoms with Crippen LogP contribution in [0.1, 0.15) is 0 Å². The molecule has 0 bridgehead atoms. The molecule has 33 heavy (non-hydrogen) atoms. The quantitative estimate of drug-likeness (QED) is 0.222. The highest BCUT2D eigenvalue weighted by Gasteiger charge is 2.34. The molecule has 0 saturated heterocycles. The van der Waals surface area contributed by atoms with E-state index in [1.807, 2.05) is 30.3 Å². The van der Waals surface area contributed by atoms with Crippen molar-refractivity contribution in [3.05, 3.63) is 78.9 Å². The average molecular weight is 444 g/mol. The van der Waals surface area contributed by atoms with E-state index in [4.69, 9.17) is 9.14 Å². The summed E-state index contributed by atoms with van der Waals surface area (Å²) in [5.41, 5.74) is 0.608. The third-order valence-electron chi connectivity index (χ3n) is 5.00. The zero-order valence-corrected chi connectivity index (χ0v) is 17.2. The average Bonchev–Trinajstić information content (AvgIpc) is 2.77. The van der Waals surface area contributed by atoms with E-state index in [0.717, 1.165) is 22.9 Å². The minimum absolute atomic E-state index is 0.0610. The molecule has 0 fully saturated rings. The molecular weight excluding hydrogens is 425 g/mol. The lowest BCUT2D eigenvalue weighted by Gasteiger charge is -2.21. The second-order valence-electron chi connectivity index (χ2n) is 7.44. The molecule has 0 saturated carbocycles. The molecule has 8 nitrogen and oxygen atoms in total. The van der Waals surface area contributed by atoms with Gasteiger partial charge in [-0.1, -0.05) is 42.5 Å². The van der Waals surface area contributed by atoms with Gasteiger partial charge in [0.1, 0.15) is 23.0 Å². The van der Waals surface area contributed by atoms with E-state index in [0.29, 0.717) is 5.46 Å². The Hall–Kier alpha value is -3.63. The van der Waals surface area contributed by atoms with Crippen molar-refractivity contribution in [2.24, 2.45) is 0 Å². The molecule has 164 valence electrons. The van der Waals surface area contributed by atoms with Gasteiger partial charge in [-0.15, -0.1) is 0 Å². The van der Waals surface area contributed by atoms with E-state index in [9.17, 15) is 30.5 Å². The van der Waals surface area contributed by atoms with Crippen LogP contribution in [0.25, 0.3) is 10.8 Å². The van der Waals surface area contributed by atoms with Crippen LogP contribution in [0.3, 0.4) is 0 Å². The van der Waals surface area contributed by atoms with Gasteiger partial charge in [0.2, 0.25) is 0 Å². The normalized spacial score (nSPS) is 10.8. The maximum atomic E-state index is 10.7. The Balaban J connectivity index is 1.71. The predicted octanol–water partition coefficient (Wildman–Crippen LogP) is 0.166. The van der Waals surface area contributed by atoms with Gasteiger partial charge < -0.3 is 39.6 Å². The lowest BCUT2D eigenvalue weighted by atomic mass is 9.66. The van der Waals surface area contributed by atoms with Crippen LogP contribution in [0.15, 0.2) is 78.9 Å². The zero-order chi connectivity index (χ0) is 23.5. The molecule has 0 radical (unpaired) electrons. The molecule has 6 N–H and O–H groups in total. The van der Waals surface area contributed by atoms with E-state index in [-0.39, 0.29) is 33.9 Å². The molecule has 0 aromatic heterocycles. The van der Waals surface area contributed by atoms with Crippen LogP contribution in [0, 0.1) is 0 Å². The fourth-order valence-electron chi connectivity index (χ4n) is 3.55. The molecule has 11 heteroatoms. The predicted molar refractivity (Wildman–Crippen MR) is 126 cm³/mol. The monoisotopic (exact) mass is 444 g/mol. The van der Waals surface area contributed by atoms with E-state index < -0.39 is 21.4 Å². The van der Waals surface area contributed by atoms with Crippen LogP contribution in [0.4, 0.5) is 0 Å². The minimum atomic E-state index is -1.64. The number of phenols is 4. The first-order chi connectivity index (χ1) is 15.8. The Bertz CT molecular complexity index is 1180. The Labute approximate surface area is 190 Å². The summed E-state index contributed by atoms with van der Waals surface area (Å²) >= 11 is 0.